The Kier molecular flexibility index (Phi) is 8.16. The van der Waals surface area contributed by atoms with Gasteiger partial charge in [0, 0.05) is 24.5 Å². The van der Waals surface area contributed by atoms with E-state index in [0.29, 0.717) is 11.5 Å². The molecule has 32 heavy (non-hydrogen) atoms. The molecular weight excluding hydrogens is 491 g/mol. The van der Waals surface area contributed by atoms with E-state index in [1.54, 1.807) is 0 Å². The number of hydrogen-bond donors (Lipinski definition) is 1. The minimum atomic E-state index is -1.65. The van der Waals surface area contributed by atoms with E-state index in [0.717, 1.165) is 9.35 Å². The normalized spacial score (nSPS) is 26.6. The molecule has 2 amide bonds. The summed E-state index contributed by atoms with van der Waals surface area (Å²) in [4.78, 5) is 38.6. The molecule has 2 aliphatic heterocycles. The van der Waals surface area contributed by atoms with Crippen molar-refractivity contribution in [3.8, 4) is 0 Å². The van der Waals surface area contributed by atoms with Crippen molar-refractivity contribution in [1.82, 2.24) is 40.6 Å². The molecule has 2 saturated heterocycles. The van der Waals surface area contributed by atoms with E-state index in [1.807, 2.05) is 6.92 Å². The van der Waals surface area contributed by atoms with Gasteiger partial charge in [0.1, 0.15) is 23.3 Å². The van der Waals surface area contributed by atoms with Crippen molar-refractivity contribution in [3.63, 3.8) is 0 Å². The van der Waals surface area contributed by atoms with Crippen LogP contribution in [0.15, 0.2) is 10.7 Å². The van der Waals surface area contributed by atoms with E-state index in [2.05, 4.69) is 31.0 Å². The summed E-state index contributed by atoms with van der Waals surface area (Å²) in [6.45, 7) is 1.62. The average Bonchev–Trinajstić information content (AvgIpc) is 3.40. The van der Waals surface area contributed by atoms with Crippen LogP contribution in [-0.4, -0.2) is 88.8 Å². The number of carboxylic acids is 1. The summed E-state index contributed by atoms with van der Waals surface area (Å²) in [5.41, 5.74) is -1.65. The Morgan fingerprint density at radius 1 is 1.44 bits per heavy atom. The Hall–Kier alpha value is -1.30. The Morgan fingerprint density at radius 3 is 2.81 bits per heavy atom. The monoisotopic (exact) mass is 508 g/mol. The van der Waals surface area contributed by atoms with E-state index in [-0.39, 0.29) is 42.0 Å². The molecule has 166 valence electrons. The molecule has 4 rings (SSSR count). The Labute approximate surface area is 216 Å². The number of aromatic nitrogens is 6. The van der Waals surface area contributed by atoms with E-state index in [9.17, 15) is 19.5 Å². The molecule has 17 heteroatoms. The summed E-state index contributed by atoms with van der Waals surface area (Å²) in [6, 6.07) is -1.14. The van der Waals surface area contributed by atoms with Crippen LogP contribution in [-0.2, 0) is 25.7 Å². The molecule has 2 aliphatic rings. The third-order valence-corrected chi connectivity index (χ3v) is 8.54. The Balaban J connectivity index is 0.00000289. The van der Waals surface area contributed by atoms with Crippen LogP contribution in [0.25, 0.3) is 0 Å². The van der Waals surface area contributed by atoms with Crippen LogP contribution in [0.3, 0.4) is 0 Å². The van der Waals surface area contributed by atoms with Gasteiger partial charge in [-0.1, -0.05) is 23.1 Å². The number of carboxylic acid groups (broad SMARTS) is 1. The summed E-state index contributed by atoms with van der Waals surface area (Å²) in [7, 11) is 1.29. The molecule has 0 saturated carbocycles. The van der Waals surface area contributed by atoms with Crippen molar-refractivity contribution in [1.29, 1.82) is 0 Å². The molecule has 0 aliphatic carbocycles. The number of aryl methyl sites for hydroxylation is 1. The first-order valence-corrected chi connectivity index (χ1v) is 11.9. The fourth-order valence-electron chi connectivity index (χ4n) is 3.50. The van der Waals surface area contributed by atoms with Crippen LogP contribution in [0, 0.1) is 12.8 Å². The molecular formula is C15H17N8NaO5S3. The SMILES string of the molecule is COC1(NC(=O)Cn2cnnn2)C(=O)N2C(C(=O)[O-])C(CSc3nnc(C)s3)CS[C@H]21.[Na+]. The second kappa shape index (κ2) is 10.3. The maximum atomic E-state index is 13.0. The molecule has 0 radical (unpaired) electrons. The minimum Gasteiger partial charge on any atom is -0.548 e. The maximum absolute atomic E-state index is 13.0. The third-order valence-electron chi connectivity index (χ3n) is 4.88. The molecule has 1 N–H and O–H groups in total. The van der Waals surface area contributed by atoms with Gasteiger partial charge in [-0.25, -0.2) is 4.68 Å². The van der Waals surface area contributed by atoms with Gasteiger partial charge in [0.2, 0.25) is 5.91 Å². The molecule has 0 spiro atoms. The number of nitrogens with zero attached hydrogens (tertiary/aromatic N) is 7. The topological polar surface area (TPSA) is 168 Å². The van der Waals surface area contributed by atoms with E-state index in [1.165, 1.54) is 57.9 Å². The Bertz CT molecular complexity index is 994. The van der Waals surface area contributed by atoms with Crippen LogP contribution >= 0.6 is 34.9 Å². The van der Waals surface area contributed by atoms with E-state index >= 15 is 0 Å². The van der Waals surface area contributed by atoms with Gasteiger partial charge in [-0.15, -0.1) is 27.1 Å². The van der Waals surface area contributed by atoms with Crippen LogP contribution < -0.4 is 40.0 Å². The number of amides is 2. The fourth-order valence-corrected chi connectivity index (χ4v) is 7.23. The summed E-state index contributed by atoms with van der Waals surface area (Å²) < 4.78 is 7.33. The molecule has 3 unspecified atom stereocenters. The standard InChI is InChI=1S/C15H18N8O5S3.Na/c1-7-18-19-14(31-7)30-5-8-4-29-13-15(28-2,12(27)23(13)10(8)11(25)26)17-9(24)3-22-6-16-20-21-22;/h6,8,10,13H,3-5H2,1-2H3,(H,17,24)(H,25,26);/q;+1/p-1/t8?,10?,13-,15?;/m0./s1. The number of tetrazole rings is 1. The number of fused-ring (bicyclic) bond motifs is 1. The first kappa shape index (κ1) is 25.3. The smallest absolute Gasteiger partial charge is 0.548 e. The third kappa shape index (κ3) is 4.67. The van der Waals surface area contributed by atoms with Gasteiger partial charge in [-0.05, 0) is 17.4 Å². The number of β-lactam (4-membered cyclic amide) rings is 1. The van der Waals surface area contributed by atoms with Crippen molar-refractivity contribution in [2.75, 3.05) is 18.6 Å². The first-order chi connectivity index (χ1) is 14.9. The van der Waals surface area contributed by atoms with Crippen LogP contribution in [0.5, 0.6) is 0 Å². The van der Waals surface area contributed by atoms with Gasteiger partial charge >= 0.3 is 29.6 Å². The first-order valence-electron chi connectivity index (χ1n) is 9.00. The van der Waals surface area contributed by atoms with Crippen molar-refractivity contribution in [3.05, 3.63) is 11.3 Å². The van der Waals surface area contributed by atoms with Gasteiger partial charge in [-0.2, -0.15) is 0 Å². The second-order valence-electron chi connectivity index (χ2n) is 6.82. The number of nitrogens with one attached hydrogen (secondary N) is 1. The number of aliphatic carboxylic acids is 1. The van der Waals surface area contributed by atoms with Crippen LogP contribution in [0.1, 0.15) is 5.01 Å². The summed E-state index contributed by atoms with van der Waals surface area (Å²) in [6.07, 6.45) is 1.26. The van der Waals surface area contributed by atoms with E-state index < -0.39 is 34.9 Å². The zero-order chi connectivity index (χ0) is 22.2. The van der Waals surface area contributed by atoms with E-state index in [4.69, 9.17) is 4.74 Å². The number of thioether (sulfide) groups is 2. The van der Waals surface area contributed by atoms with Gasteiger partial charge in [0.15, 0.2) is 4.34 Å². The molecule has 0 aromatic carbocycles. The maximum Gasteiger partial charge on any atom is 1.00 e. The zero-order valence-electron chi connectivity index (χ0n) is 17.3. The molecule has 0 bridgehead atoms. The number of carbonyl (C=O) groups is 3. The number of hydrogen-bond acceptors (Lipinski definition) is 13. The molecule has 2 aromatic heterocycles. The second-order valence-corrected chi connectivity index (χ2v) is 10.4. The summed E-state index contributed by atoms with van der Waals surface area (Å²) in [5.74, 6) is -2.02. The van der Waals surface area contributed by atoms with Crippen LogP contribution in [0.2, 0.25) is 0 Å². The van der Waals surface area contributed by atoms with Crippen LogP contribution in [0.4, 0.5) is 0 Å². The van der Waals surface area contributed by atoms with Crippen molar-refractivity contribution < 1.29 is 53.8 Å². The molecule has 4 atom stereocenters. The molecule has 2 aromatic rings. The van der Waals surface area contributed by atoms with Gasteiger partial charge in [0.05, 0.1) is 12.0 Å². The largest absolute Gasteiger partial charge is 1.00 e. The number of rotatable bonds is 8. The Morgan fingerprint density at radius 2 is 2.22 bits per heavy atom. The summed E-state index contributed by atoms with van der Waals surface area (Å²) in [5, 5.41) is 33.1. The molecule has 4 heterocycles. The number of methoxy groups -OCH3 is 1. The average molecular weight is 509 g/mol. The van der Waals surface area contributed by atoms with Gasteiger partial charge in [0.25, 0.3) is 11.6 Å². The molecule has 2 fully saturated rings. The number of carbonyl (C=O) groups excluding carboxylic acids is 3. The van der Waals surface area contributed by atoms with Gasteiger partial charge < -0.3 is 24.9 Å². The quantitative estimate of drug-likeness (QED) is 0.156. The predicted molar refractivity (Wildman–Crippen MR) is 106 cm³/mol. The van der Waals surface area contributed by atoms with Crippen molar-refractivity contribution in [2.24, 2.45) is 5.92 Å². The predicted octanol–water partition coefficient (Wildman–Crippen LogP) is -5.26. The molecule has 13 nitrogen and oxygen atoms in total. The fraction of sp³-hybridized carbons (Fsp3) is 0.600. The number of ether oxygens (including phenoxy) is 1. The minimum absolute atomic E-state index is 0. The van der Waals surface area contributed by atoms with Crippen molar-refractivity contribution in [2.45, 2.75) is 34.9 Å². The summed E-state index contributed by atoms with van der Waals surface area (Å²) >= 11 is 4.17. The zero-order valence-corrected chi connectivity index (χ0v) is 21.8. The van der Waals surface area contributed by atoms with Gasteiger partial charge in [-0.3, -0.25) is 9.59 Å². The van der Waals surface area contributed by atoms with Crippen molar-refractivity contribution >= 4 is 52.6 Å².